The molecule has 0 saturated heterocycles. The van der Waals surface area contributed by atoms with Crippen LogP contribution in [-0.2, 0) is 6.54 Å². The van der Waals surface area contributed by atoms with E-state index in [1.54, 1.807) is 11.1 Å². The number of fused-ring (bicyclic) bond motifs is 1. The maximum absolute atomic E-state index is 12.7. The summed E-state index contributed by atoms with van der Waals surface area (Å²) < 4.78 is 4.51. The summed E-state index contributed by atoms with van der Waals surface area (Å²) in [5.41, 5.74) is 1.41. The van der Waals surface area contributed by atoms with Gasteiger partial charge >= 0.3 is 0 Å². The van der Waals surface area contributed by atoms with Crippen molar-refractivity contribution in [2.24, 2.45) is 0 Å². The van der Waals surface area contributed by atoms with E-state index in [9.17, 15) is 4.79 Å². The molecule has 1 aliphatic rings. The molecular formula is C13H16BrN5O. The maximum Gasteiger partial charge on any atom is 0.262 e. The molecule has 6 nitrogen and oxygen atoms in total. The fourth-order valence-electron chi connectivity index (χ4n) is 2.39. The molecule has 1 amide bonds. The van der Waals surface area contributed by atoms with Crippen molar-refractivity contribution in [1.29, 1.82) is 0 Å². The number of rotatable bonds is 2. The monoisotopic (exact) mass is 337 g/mol. The molecule has 0 saturated carbocycles. The maximum atomic E-state index is 12.7. The van der Waals surface area contributed by atoms with Crippen molar-refractivity contribution in [3.05, 3.63) is 28.1 Å². The third kappa shape index (κ3) is 1.96. The summed E-state index contributed by atoms with van der Waals surface area (Å²) >= 11 is 3.45. The van der Waals surface area contributed by atoms with Crippen LogP contribution in [0.25, 0.3) is 0 Å². The van der Waals surface area contributed by atoms with Crippen LogP contribution in [0.4, 0.5) is 5.82 Å². The second-order valence-electron chi connectivity index (χ2n) is 5.20. The fourth-order valence-corrected chi connectivity index (χ4v) is 2.90. The Morgan fingerprint density at radius 1 is 1.40 bits per heavy atom. The van der Waals surface area contributed by atoms with Crippen LogP contribution in [0, 0.1) is 6.92 Å². The van der Waals surface area contributed by atoms with E-state index in [0.29, 0.717) is 12.1 Å². The van der Waals surface area contributed by atoms with Gasteiger partial charge in [-0.3, -0.25) is 14.4 Å². The highest BCUT2D eigenvalue weighted by atomic mass is 79.9. The molecule has 0 aromatic carbocycles. The summed E-state index contributed by atoms with van der Waals surface area (Å²) in [7, 11) is 0. The van der Waals surface area contributed by atoms with Crippen LogP contribution in [0.2, 0.25) is 0 Å². The van der Waals surface area contributed by atoms with Crippen LogP contribution < -0.4 is 4.90 Å². The Morgan fingerprint density at radius 3 is 2.80 bits per heavy atom. The third-order valence-electron chi connectivity index (χ3n) is 3.48. The summed E-state index contributed by atoms with van der Waals surface area (Å²) in [5.74, 6) is 0.807. The first kappa shape index (κ1) is 13.4. The lowest BCUT2D eigenvalue weighted by Crippen LogP contribution is -2.29. The van der Waals surface area contributed by atoms with Crippen molar-refractivity contribution in [2.45, 2.75) is 33.4 Å². The largest absolute Gasteiger partial charge is 0.290 e. The topological polar surface area (TPSA) is 56.0 Å². The number of nitrogens with zero attached hydrogens (tertiary/aromatic N) is 5. The molecule has 0 fully saturated rings. The van der Waals surface area contributed by atoms with E-state index in [1.807, 2.05) is 36.3 Å². The van der Waals surface area contributed by atoms with Crippen LogP contribution in [0.5, 0.6) is 0 Å². The van der Waals surface area contributed by atoms with E-state index in [4.69, 9.17) is 0 Å². The van der Waals surface area contributed by atoms with Crippen LogP contribution >= 0.6 is 15.9 Å². The number of anilines is 1. The average molecular weight is 338 g/mol. The lowest BCUT2D eigenvalue weighted by atomic mass is 10.2. The van der Waals surface area contributed by atoms with Gasteiger partial charge in [-0.15, -0.1) is 0 Å². The second kappa shape index (κ2) is 4.73. The number of aromatic nitrogens is 4. The van der Waals surface area contributed by atoms with Crippen molar-refractivity contribution in [3.63, 3.8) is 0 Å². The molecule has 3 heterocycles. The van der Waals surface area contributed by atoms with E-state index < -0.39 is 0 Å². The first-order valence-corrected chi connectivity index (χ1v) is 7.37. The van der Waals surface area contributed by atoms with Gasteiger partial charge in [0, 0.05) is 18.8 Å². The first-order chi connectivity index (χ1) is 9.49. The van der Waals surface area contributed by atoms with Gasteiger partial charge < -0.3 is 0 Å². The van der Waals surface area contributed by atoms with Crippen molar-refractivity contribution in [2.75, 3.05) is 11.4 Å². The number of halogens is 1. The minimum atomic E-state index is -0.0191. The number of carbonyl (C=O) groups excluding carboxylic acids is 1. The number of hydrogen-bond donors (Lipinski definition) is 0. The Bertz CT molecular complexity index is 672. The molecule has 0 radical (unpaired) electrons. The van der Waals surface area contributed by atoms with E-state index in [2.05, 4.69) is 26.1 Å². The molecule has 0 aliphatic carbocycles. The molecular weight excluding hydrogens is 322 g/mol. The number of hydrogen-bond acceptors (Lipinski definition) is 3. The lowest BCUT2D eigenvalue weighted by Gasteiger charge is -2.14. The van der Waals surface area contributed by atoms with Gasteiger partial charge in [0.05, 0.1) is 28.5 Å². The Kier molecular flexibility index (Phi) is 3.16. The molecule has 0 atom stereocenters. The Morgan fingerprint density at radius 2 is 2.15 bits per heavy atom. The van der Waals surface area contributed by atoms with Gasteiger partial charge in [0.25, 0.3) is 5.91 Å². The quantitative estimate of drug-likeness (QED) is 0.845. The third-order valence-corrected chi connectivity index (χ3v) is 4.04. The minimum Gasteiger partial charge on any atom is -0.290 e. The molecule has 2 aromatic heterocycles. The SMILES string of the molecule is Cc1nn(C(C)C)cc1C(=O)N1CCn2ncc(Br)c21. The molecule has 0 unspecified atom stereocenters. The summed E-state index contributed by atoms with van der Waals surface area (Å²) in [5, 5.41) is 8.64. The molecule has 1 aliphatic heterocycles. The van der Waals surface area contributed by atoms with E-state index in [-0.39, 0.29) is 11.9 Å². The zero-order chi connectivity index (χ0) is 14.4. The van der Waals surface area contributed by atoms with E-state index in [0.717, 1.165) is 22.5 Å². The highest BCUT2D eigenvalue weighted by molar-refractivity contribution is 9.10. The average Bonchev–Trinajstić information content (AvgIpc) is 3.05. The second-order valence-corrected chi connectivity index (χ2v) is 6.05. The molecule has 2 aromatic rings. The van der Waals surface area contributed by atoms with Gasteiger partial charge in [0.15, 0.2) is 0 Å². The molecule has 0 N–H and O–H groups in total. The Hall–Kier alpha value is -1.63. The summed E-state index contributed by atoms with van der Waals surface area (Å²) in [4.78, 5) is 14.5. The molecule has 0 spiro atoms. The van der Waals surface area contributed by atoms with Crippen molar-refractivity contribution in [3.8, 4) is 0 Å². The Labute approximate surface area is 125 Å². The zero-order valence-corrected chi connectivity index (χ0v) is 13.3. The molecule has 0 bridgehead atoms. The van der Waals surface area contributed by atoms with Crippen LogP contribution in [-0.4, -0.2) is 32.0 Å². The van der Waals surface area contributed by atoms with Crippen molar-refractivity contribution >= 4 is 27.7 Å². The minimum absolute atomic E-state index is 0.0191. The van der Waals surface area contributed by atoms with Crippen LogP contribution in [0.1, 0.15) is 35.9 Å². The van der Waals surface area contributed by atoms with Gasteiger partial charge in [-0.1, -0.05) is 0 Å². The van der Waals surface area contributed by atoms with Crippen molar-refractivity contribution in [1.82, 2.24) is 19.6 Å². The van der Waals surface area contributed by atoms with Gasteiger partial charge in [-0.05, 0) is 36.7 Å². The highest BCUT2D eigenvalue weighted by Gasteiger charge is 2.30. The standard InChI is InChI=1S/C13H16BrN5O/c1-8(2)19-7-10(9(3)16-19)13(20)17-4-5-18-12(17)11(14)6-15-18/h6-8H,4-5H2,1-3H3. The molecule has 7 heteroatoms. The van der Waals surface area contributed by atoms with Gasteiger partial charge in [0.2, 0.25) is 0 Å². The Balaban J connectivity index is 1.96. The van der Waals surface area contributed by atoms with E-state index in [1.165, 1.54) is 0 Å². The predicted octanol–water partition coefficient (Wildman–Crippen LogP) is 2.39. The summed E-state index contributed by atoms with van der Waals surface area (Å²) in [6, 6.07) is 0.242. The lowest BCUT2D eigenvalue weighted by molar-refractivity contribution is 0.0988. The molecule has 20 heavy (non-hydrogen) atoms. The summed E-state index contributed by atoms with van der Waals surface area (Å²) in [6.07, 6.45) is 3.55. The molecule has 3 rings (SSSR count). The number of amides is 1. The normalized spacial score (nSPS) is 14.2. The fraction of sp³-hybridized carbons (Fsp3) is 0.462. The van der Waals surface area contributed by atoms with Crippen molar-refractivity contribution < 1.29 is 4.79 Å². The van der Waals surface area contributed by atoms with Gasteiger partial charge in [-0.2, -0.15) is 10.2 Å². The smallest absolute Gasteiger partial charge is 0.262 e. The predicted molar refractivity (Wildman–Crippen MR) is 79.0 cm³/mol. The van der Waals surface area contributed by atoms with Crippen LogP contribution in [0.3, 0.4) is 0 Å². The molecule has 106 valence electrons. The van der Waals surface area contributed by atoms with Gasteiger partial charge in [-0.25, -0.2) is 4.68 Å². The summed E-state index contributed by atoms with van der Waals surface area (Å²) in [6.45, 7) is 7.33. The van der Waals surface area contributed by atoms with Crippen LogP contribution in [0.15, 0.2) is 16.9 Å². The number of aryl methyl sites for hydroxylation is 1. The highest BCUT2D eigenvalue weighted by Crippen LogP contribution is 2.31. The first-order valence-electron chi connectivity index (χ1n) is 6.58. The van der Waals surface area contributed by atoms with Gasteiger partial charge in [0.1, 0.15) is 5.82 Å². The van der Waals surface area contributed by atoms with E-state index >= 15 is 0 Å². The zero-order valence-electron chi connectivity index (χ0n) is 11.7. The number of carbonyl (C=O) groups is 1.